The van der Waals surface area contributed by atoms with Crippen LogP contribution in [0, 0.1) is 11.2 Å². The van der Waals surface area contributed by atoms with Crippen LogP contribution in [0.25, 0.3) is 0 Å². The number of benzene rings is 2. The van der Waals surface area contributed by atoms with Gasteiger partial charge in [-0.3, -0.25) is 4.79 Å². The highest BCUT2D eigenvalue weighted by atomic mass is 32.2. The molecule has 2 N–H and O–H groups in total. The first-order valence-electron chi connectivity index (χ1n) is 9.19. The van der Waals surface area contributed by atoms with Gasteiger partial charge in [-0.05, 0) is 41.3 Å². The van der Waals surface area contributed by atoms with Crippen LogP contribution in [0.15, 0.2) is 53.4 Å². The van der Waals surface area contributed by atoms with Crippen molar-refractivity contribution in [2.24, 2.45) is 5.41 Å². The summed E-state index contributed by atoms with van der Waals surface area (Å²) in [5, 5.41) is 2.94. The molecule has 0 fully saturated rings. The summed E-state index contributed by atoms with van der Waals surface area (Å²) in [4.78, 5) is 12.9. The smallest absolute Gasteiger partial charge is 0.251 e. The first kappa shape index (κ1) is 23.0. The molecule has 0 saturated carbocycles. The van der Waals surface area contributed by atoms with Crippen molar-refractivity contribution in [3.8, 4) is 0 Å². The van der Waals surface area contributed by atoms with Crippen molar-refractivity contribution in [2.45, 2.75) is 31.7 Å². The normalized spacial score (nSPS) is 13.1. The lowest BCUT2D eigenvalue weighted by molar-refractivity contribution is 0.0901. The lowest BCUT2D eigenvalue weighted by Crippen LogP contribution is -2.36. The Balaban J connectivity index is 2.25. The molecule has 0 aromatic heterocycles. The molecular weight excluding hydrogens is 395 g/mol. The van der Waals surface area contributed by atoms with E-state index in [1.54, 1.807) is 18.2 Å². The maximum absolute atomic E-state index is 13.3. The Labute approximate surface area is 171 Å². The van der Waals surface area contributed by atoms with Crippen molar-refractivity contribution < 1.29 is 22.3 Å². The monoisotopic (exact) mass is 422 g/mol. The third kappa shape index (κ3) is 6.35. The molecule has 1 unspecified atom stereocenters. The average Bonchev–Trinajstić information content (AvgIpc) is 2.66. The van der Waals surface area contributed by atoms with Crippen molar-refractivity contribution in [3.05, 3.63) is 65.5 Å². The van der Waals surface area contributed by atoms with Gasteiger partial charge in [0.05, 0.1) is 17.5 Å². The molecule has 29 heavy (non-hydrogen) atoms. The fraction of sp³-hybridized carbons (Fsp3) is 0.381. The van der Waals surface area contributed by atoms with E-state index in [0.717, 1.165) is 5.56 Å². The van der Waals surface area contributed by atoms with Crippen LogP contribution in [-0.2, 0) is 14.8 Å². The largest absolute Gasteiger partial charge is 0.383 e. The number of hydrogen-bond donors (Lipinski definition) is 2. The van der Waals surface area contributed by atoms with E-state index >= 15 is 0 Å². The average molecular weight is 423 g/mol. The molecule has 6 nitrogen and oxygen atoms in total. The van der Waals surface area contributed by atoms with Crippen LogP contribution >= 0.6 is 0 Å². The molecule has 0 saturated heterocycles. The maximum atomic E-state index is 13.3. The van der Waals surface area contributed by atoms with E-state index in [1.807, 2.05) is 20.8 Å². The summed E-state index contributed by atoms with van der Waals surface area (Å²) in [6.07, 6.45) is 0. The predicted molar refractivity (Wildman–Crippen MR) is 110 cm³/mol. The molecule has 2 aromatic rings. The molecule has 0 aliphatic carbocycles. The van der Waals surface area contributed by atoms with Crippen LogP contribution in [0.4, 0.5) is 4.39 Å². The Morgan fingerprint density at radius 1 is 1.14 bits per heavy atom. The van der Waals surface area contributed by atoms with Crippen LogP contribution in [0.5, 0.6) is 0 Å². The minimum absolute atomic E-state index is 0.00431. The number of nitrogens with one attached hydrogen (secondary N) is 2. The predicted octanol–water partition coefficient (Wildman–Crippen LogP) is 3.27. The Morgan fingerprint density at radius 2 is 1.79 bits per heavy atom. The number of methoxy groups -OCH3 is 1. The van der Waals surface area contributed by atoms with Crippen LogP contribution in [0.1, 0.15) is 42.7 Å². The first-order valence-corrected chi connectivity index (χ1v) is 10.7. The standard InChI is InChI=1S/C21H27FN2O4S/c1-21(2,3)19(15-8-10-17(22)11-9-15)24-20(25)16-6-5-7-18(14-16)29(26,27)23-12-13-28-4/h5-11,14,19,23H,12-13H2,1-4H3,(H,24,25). The fourth-order valence-corrected chi connectivity index (χ4v) is 3.89. The minimum atomic E-state index is -3.75. The Hall–Kier alpha value is -2.29. The molecule has 1 amide bonds. The summed E-state index contributed by atoms with van der Waals surface area (Å²) in [5.41, 5.74) is 0.632. The molecule has 0 spiro atoms. The van der Waals surface area contributed by atoms with Gasteiger partial charge in [-0.1, -0.05) is 39.0 Å². The molecule has 1 atom stereocenters. The zero-order chi connectivity index (χ0) is 21.7. The molecule has 158 valence electrons. The van der Waals surface area contributed by atoms with Crippen LogP contribution < -0.4 is 10.0 Å². The number of carbonyl (C=O) groups excluding carboxylic acids is 1. The van der Waals surface area contributed by atoms with Crippen molar-refractivity contribution in [2.75, 3.05) is 20.3 Å². The summed E-state index contributed by atoms with van der Waals surface area (Å²) in [6.45, 7) is 6.25. The number of carbonyl (C=O) groups is 1. The fourth-order valence-electron chi connectivity index (χ4n) is 2.84. The van der Waals surface area contributed by atoms with Gasteiger partial charge >= 0.3 is 0 Å². The Morgan fingerprint density at radius 3 is 2.38 bits per heavy atom. The highest BCUT2D eigenvalue weighted by molar-refractivity contribution is 7.89. The Kier molecular flexibility index (Phi) is 7.51. The maximum Gasteiger partial charge on any atom is 0.251 e. The lowest BCUT2D eigenvalue weighted by atomic mass is 9.82. The number of rotatable bonds is 8. The summed E-state index contributed by atoms with van der Waals surface area (Å²) >= 11 is 0. The van der Waals surface area contributed by atoms with Gasteiger partial charge < -0.3 is 10.1 Å². The number of halogens is 1. The number of ether oxygens (including phenoxy) is 1. The van der Waals surface area contributed by atoms with E-state index in [2.05, 4.69) is 10.0 Å². The van der Waals surface area contributed by atoms with Gasteiger partial charge in [-0.25, -0.2) is 17.5 Å². The van der Waals surface area contributed by atoms with E-state index < -0.39 is 22.0 Å². The van der Waals surface area contributed by atoms with E-state index in [9.17, 15) is 17.6 Å². The molecule has 0 aliphatic heterocycles. The highest BCUT2D eigenvalue weighted by Crippen LogP contribution is 2.33. The number of sulfonamides is 1. The quantitative estimate of drug-likeness (QED) is 0.640. The van der Waals surface area contributed by atoms with Gasteiger partial charge in [-0.15, -0.1) is 0 Å². The van der Waals surface area contributed by atoms with Gasteiger partial charge in [0.15, 0.2) is 0 Å². The molecule has 0 radical (unpaired) electrons. The topological polar surface area (TPSA) is 84.5 Å². The van der Waals surface area contributed by atoms with Gasteiger partial charge in [0.25, 0.3) is 5.91 Å². The minimum Gasteiger partial charge on any atom is -0.383 e. The lowest BCUT2D eigenvalue weighted by Gasteiger charge is -2.32. The van der Waals surface area contributed by atoms with Crippen LogP contribution in [-0.4, -0.2) is 34.6 Å². The van der Waals surface area contributed by atoms with E-state index in [1.165, 1.54) is 37.4 Å². The number of hydrogen-bond acceptors (Lipinski definition) is 4. The van der Waals surface area contributed by atoms with Gasteiger partial charge in [0, 0.05) is 19.2 Å². The van der Waals surface area contributed by atoms with E-state index in [0.29, 0.717) is 0 Å². The summed E-state index contributed by atoms with van der Waals surface area (Å²) in [7, 11) is -2.28. The second-order valence-corrected chi connectivity index (χ2v) is 9.51. The van der Waals surface area contributed by atoms with Gasteiger partial charge in [0.2, 0.25) is 10.0 Å². The SMILES string of the molecule is COCCNS(=O)(=O)c1cccc(C(=O)NC(c2ccc(F)cc2)C(C)(C)C)c1. The van der Waals surface area contributed by atoms with Gasteiger partial charge in [-0.2, -0.15) is 0 Å². The van der Waals surface area contributed by atoms with Crippen molar-refractivity contribution in [1.29, 1.82) is 0 Å². The molecule has 0 bridgehead atoms. The summed E-state index contributed by atoms with van der Waals surface area (Å²) < 4.78 is 45.3. The Bertz CT molecular complexity index is 938. The third-order valence-corrected chi connectivity index (χ3v) is 5.81. The second kappa shape index (κ2) is 9.47. The number of amides is 1. The summed E-state index contributed by atoms with van der Waals surface area (Å²) in [5.74, 6) is -0.769. The van der Waals surface area contributed by atoms with Crippen molar-refractivity contribution >= 4 is 15.9 Å². The van der Waals surface area contributed by atoms with E-state index in [4.69, 9.17) is 4.74 Å². The molecular formula is C21H27FN2O4S. The molecule has 2 aromatic carbocycles. The van der Waals surface area contributed by atoms with Crippen LogP contribution in [0.3, 0.4) is 0 Å². The summed E-state index contributed by atoms with van der Waals surface area (Å²) in [6, 6.07) is 11.4. The van der Waals surface area contributed by atoms with E-state index in [-0.39, 0.29) is 34.8 Å². The first-order chi connectivity index (χ1) is 13.5. The molecule has 0 aliphatic rings. The zero-order valence-electron chi connectivity index (χ0n) is 17.0. The van der Waals surface area contributed by atoms with Crippen molar-refractivity contribution in [1.82, 2.24) is 10.0 Å². The van der Waals surface area contributed by atoms with Gasteiger partial charge in [0.1, 0.15) is 5.82 Å². The highest BCUT2D eigenvalue weighted by Gasteiger charge is 2.28. The molecule has 2 rings (SSSR count). The second-order valence-electron chi connectivity index (χ2n) is 7.74. The van der Waals surface area contributed by atoms with Crippen molar-refractivity contribution in [3.63, 3.8) is 0 Å². The third-order valence-electron chi connectivity index (χ3n) is 4.35. The molecule has 8 heteroatoms. The van der Waals surface area contributed by atoms with Crippen LogP contribution in [0.2, 0.25) is 0 Å². The molecule has 0 heterocycles. The zero-order valence-corrected chi connectivity index (χ0v) is 17.8.